The fourth-order valence-electron chi connectivity index (χ4n) is 2.45. The molecular formula is C16H16N2O3S2. The molecule has 1 aromatic heterocycles. The summed E-state index contributed by atoms with van der Waals surface area (Å²) < 4.78 is 12.7. The number of carbonyl (C=O) groups excluding carboxylic acids is 2. The number of anilines is 2. The maximum absolute atomic E-state index is 12.0. The van der Waals surface area contributed by atoms with Crippen molar-refractivity contribution in [3.63, 3.8) is 0 Å². The zero-order chi connectivity index (χ0) is 16.2. The number of hydrogen-bond acceptors (Lipinski definition) is 4. The Morgan fingerprint density at radius 1 is 1.30 bits per heavy atom. The summed E-state index contributed by atoms with van der Waals surface area (Å²) >= 11 is 1.37. The molecule has 0 bridgehead atoms. The van der Waals surface area contributed by atoms with Crippen LogP contribution in [-0.4, -0.2) is 28.3 Å². The van der Waals surface area contributed by atoms with Crippen molar-refractivity contribution < 1.29 is 13.8 Å². The predicted octanol–water partition coefficient (Wildman–Crippen LogP) is 2.62. The van der Waals surface area contributed by atoms with Crippen LogP contribution in [0.25, 0.3) is 0 Å². The van der Waals surface area contributed by atoms with Gasteiger partial charge in [0.2, 0.25) is 11.8 Å². The maximum Gasteiger partial charge on any atom is 0.237 e. The first kappa shape index (κ1) is 15.9. The van der Waals surface area contributed by atoms with E-state index in [0.717, 1.165) is 12.1 Å². The van der Waals surface area contributed by atoms with Gasteiger partial charge >= 0.3 is 0 Å². The van der Waals surface area contributed by atoms with E-state index in [1.165, 1.54) is 11.3 Å². The second kappa shape index (κ2) is 7.06. The monoisotopic (exact) mass is 348 g/mol. The smallest absolute Gasteiger partial charge is 0.237 e. The largest absolute Gasteiger partial charge is 0.325 e. The lowest BCUT2D eigenvalue weighted by Crippen LogP contribution is -2.24. The van der Waals surface area contributed by atoms with Gasteiger partial charge in [0, 0.05) is 24.3 Å². The molecule has 0 aliphatic carbocycles. The number of hydrogen-bond donors (Lipinski definition) is 1. The molecule has 3 rings (SSSR count). The molecule has 1 aliphatic rings. The van der Waals surface area contributed by atoms with E-state index in [1.54, 1.807) is 29.2 Å². The highest BCUT2D eigenvalue weighted by Crippen LogP contribution is 2.24. The molecule has 7 heteroatoms. The molecule has 2 heterocycles. The second-order valence-corrected chi connectivity index (χ2v) is 7.80. The zero-order valence-corrected chi connectivity index (χ0v) is 14.0. The van der Waals surface area contributed by atoms with Crippen LogP contribution in [0.15, 0.2) is 46.0 Å². The molecule has 23 heavy (non-hydrogen) atoms. The van der Waals surface area contributed by atoms with Crippen molar-refractivity contribution in [1.82, 2.24) is 0 Å². The van der Waals surface area contributed by atoms with Gasteiger partial charge in [-0.2, -0.15) is 0 Å². The molecule has 120 valence electrons. The molecular weight excluding hydrogens is 332 g/mol. The minimum atomic E-state index is -1.33. The molecule has 2 amide bonds. The Hall–Kier alpha value is -1.99. The third kappa shape index (κ3) is 3.86. The van der Waals surface area contributed by atoms with Gasteiger partial charge in [-0.15, -0.1) is 11.3 Å². The molecule has 1 aromatic carbocycles. The van der Waals surface area contributed by atoms with Crippen molar-refractivity contribution in [3.8, 4) is 0 Å². The fraction of sp³-hybridized carbons (Fsp3) is 0.250. The van der Waals surface area contributed by atoms with E-state index < -0.39 is 10.8 Å². The second-order valence-electron chi connectivity index (χ2n) is 5.17. The number of nitrogens with one attached hydrogen (secondary N) is 1. The van der Waals surface area contributed by atoms with Crippen LogP contribution in [0.2, 0.25) is 0 Å². The molecule has 0 spiro atoms. The van der Waals surface area contributed by atoms with Crippen molar-refractivity contribution in [3.05, 3.63) is 41.8 Å². The van der Waals surface area contributed by atoms with Gasteiger partial charge in [-0.1, -0.05) is 12.1 Å². The Morgan fingerprint density at radius 3 is 2.87 bits per heavy atom. The Bertz CT molecular complexity index is 744. The molecule has 0 saturated carbocycles. The molecule has 5 nitrogen and oxygen atoms in total. The SMILES string of the molecule is O=C(CS(=O)c1cccs1)Nc1cccc(N2CCCC2=O)c1. The number of amides is 2. The first-order chi connectivity index (χ1) is 11.1. The molecule has 1 atom stereocenters. The summed E-state index contributed by atoms with van der Waals surface area (Å²) in [6.07, 6.45) is 1.42. The van der Waals surface area contributed by atoms with Gasteiger partial charge in [-0.25, -0.2) is 0 Å². The molecule has 1 saturated heterocycles. The number of rotatable bonds is 5. The van der Waals surface area contributed by atoms with Crippen LogP contribution in [0.5, 0.6) is 0 Å². The lowest BCUT2D eigenvalue weighted by molar-refractivity contribution is -0.117. The van der Waals surface area contributed by atoms with Crippen LogP contribution >= 0.6 is 11.3 Å². The van der Waals surface area contributed by atoms with Gasteiger partial charge in [-0.3, -0.25) is 13.8 Å². The highest BCUT2D eigenvalue weighted by molar-refractivity contribution is 7.88. The first-order valence-electron chi connectivity index (χ1n) is 7.25. The summed E-state index contributed by atoms with van der Waals surface area (Å²) in [6.45, 7) is 0.707. The van der Waals surface area contributed by atoms with Gasteiger partial charge in [0.25, 0.3) is 0 Å². The topological polar surface area (TPSA) is 66.5 Å². The average Bonchev–Trinajstić information content (AvgIpc) is 3.18. The van der Waals surface area contributed by atoms with Crippen molar-refractivity contribution >= 4 is 45.3 Å². The van der Waals surface area contributed by atoms with Crippen molar-refractivity contribution in [1.29, 1.82) is 0 Å². The number of benzene rings is 1. The van der Waals surface area contributed by atoms with E-state index in [4.69, 9.17) is 0 Å². The zero-order valence-electron chi connectivity index (χ0n) is 12.4. The quantitative estimate of drug-likeness (QED) is 0.903. The standard InChI is InChI=1S/C16H16N2O3S2/c19-14(11-23(21)16-7-3-9-22-16)17-12-4-1-5-13(10-12)18-8-2-6-15(18)20/h1,3-5,7,9-10H,2,6,8,11H2,(H,17,19). The lowest BCUT2D eigenvalue weighted by Gasteiger charge is -2.16. The summed E-state index contributed by atoms with van der Waals surface area (Å²) in [5.41, 5.74) is 1.39. The third-order valence-electron chi connectivity index (χ3n) is 3.50. The van der Waals surface area contributed by atoms with E-state index in [-0.39, 0.29) is 17.6 Å². The van der Waals surface area contributed by atoms with Crippen molar-refractivity contribution in [2.75, 3.05) is 22.5 Å². The lowest BCUT2D eigenvalue weighted by atomic mass is 10.2. The molecule has 1 unspecified atom stereocenters. The van der Waals surface area contributed by atoms with E-state index in [2.05, 4.69) is 5.32 Å². The normalized spacial score (nSPS) is 15.7. The van der Waals surface area contributed by atoms with E-state index in [0.29, 0.717) is 22.9 Å². The Labute approximate surface area is 140 Å². The van der Waals surface area contributed by atoms with E-state index in [1.807, 2.05) is 17.5 Å². The van der Waals surface area contributed by atoms with Gasteiger partial charge in [0.15, 0.2) is 0 Å². The molecule has 1 N–H and O–H groups in total. The van der Waals surface area contributed by atoms with Crippen LogP contribution in [0.1, 0.15) is 12.8 Å². The van der Waals surface area contributed by atoms with Gasteiger partial charge in [0.05, 0.1) is 15.0 Å². The van der Waals surface area contributed by atoms with Crippen molar-refractivity contribution in [2.45, 2.75) is 17.1 Å². The molecule has 1 aliphatic heterocycles. The Morgan fingerprint density at radius 2 is 2.17 bits per heavy atom. The van der Waals surface area contributed by atoms with E-state index >= 15 is 0 Å². The third-order valence-corrected chi connectivity index (χ3v) is 6.11. The van der Waals surface area contributed by atoms with Crippen LogP contribution in [-0.2, 0) is 20.4 Å². The summed E-state index contributed by atoms with van der Waals surface area (Å²) in [4.78, 5) is 25.5. The van der Waals surface area contributed by atoms with Crippen LogP contribution in [0.3, 0.4) is 0 Å². The highest BCUT2D eigenvalue weighted by Gasteiger charge is 2.21. The first-order valence-corrected chi connectivity index (χ1v) is 9.45. The maximum atomic E-state index is 12.0. The van der Waals surface area contributed by atoms with E-state index in [9.17, 15) is 13.8 Å². The Balaban J connectivity index is 1.64. The molecule has 2 aromatic rings. The minimum Gasteiger partial charge on any atom is -0.325 e. The molecule has 1 fully saturated rings. The summed E-state index contributed by atoms with van der Waals surface area (Å²) in [5, 5.41) is 4.58. The van der Waals surface area contributed by atoms with Gasteiger partial charge in [0.1, 0.15) is 5.75 Å². The Kier molecular flexibility index (Phi) is 4.88. The molecule has 0 radical (unpaired) electrons. The van der Waals surface area contributed by atoms with Gasteiger partial charge in [-0.05, 0) is 36.1 Å². The van der Waals surface area contributed by atoms with Crippen molar-refractivity contribution in [2.24, 2.45) is 0 Å². The summed E-state index contributed by atoms with van der Waals surface area (Å²) in [6, 6.07) is 10.8. The average molecular weight is 348 g/mol. The highest BCUT2D eigenvalue weighted by atomic mass is 32.2. The fourth-order valence-corrected chi connectivity index (χ4v) is 4.36. The number of thiophene rings is 1. The number of carbonyl (C=O) groups is 2. The minimum absolute atomic E-state index is 0.0760. The summed E-state index contributed by atoms with van der Waals surface area (Å²) in [7, 11) is -1.33. The van der Waals surface area contributed by atoms with Crippen LogP contribution in [0.4, 0.5) is 11.4 Å². The van der Waals surface area contributed by atoms with Crippen LogP contribution in [0, 0.1) is 0 Å². The predicted molar refractivity (Wildman–Crippen MR) is 92.3 cm³/mol. The van der Waals surface area contributed by atoms with Crippen LogP contribution < -0.4 is 10.2 Å². The number of nitrogens with zero attached hydrogens (tertiary/aromatic N) is 1. The summed E-state index contributed by atoms with van der Waals surface area (Å²) in [5.74, 6) is -0.276. The van der Waals surface area contributed by atoms with Gasteiger partial charge < -0.3 is 10.2 Å².